The Balaban J connectivity index is 1.38. The Kier molecular flexibility index (Phi) is 6.37. The second kappa shape index (κ2) is 9.58. The van der Waals surface area contributed by atoms with Crippen LogP contribution in [-0.4, -0.2) is 23.9 Å². The fraction of sp³-hybridized carbons (Fsp3) is 0.286. The number of nitrogens with two attached hydrogens (primary N) is 1. The number of hydrogen-bond acceptors (Lipinski definition) is 4. The minimum Gasteiger partial charge on any atom is -0.396 e. The molecule has 176 valence electrons. The van der Waals surface area contributed by atoms with Gasteiger partial charge in [-0.25, -0.2) is 4.39 Å². The van der Waals surface area contributed by atoms with Crippen LogP contribution in [0.15, 0.2) is 78.9 Å². The molecule has 34 heavy (non-hydrogen) atoms. The van der Waals surface area contributed by atoms with Gasteiger partial charge in [-0.05, 0) is 30.2 Å². The summed E-state index contributed by atoms with van der Waals surface area (Å²) >= 11 is 0. The first-order valence-corrected chi connectivity index (χ1v) is 11.5. The van der Waals surface area contributed by atoms with Gasteiger partial charge in [0.2, 0.25) is 0 Å². The minimum atomic E-state index is -0.724. The molecule has 0 bridgehead atoms. The van der Waals surface area contributed by atoms with Gasteiger partial charge in [0.15, 0.2) is 0 Å². The molecule has 1 aliphatic heterocycles. The van der Waals surface area contributed by atoms with Crippen molar-refractivity contribution < 1.29 is 18.6 Å². The van der Waals surface area contributed by atoms with Crippen LogP contribution in [0.25, 0.3) is 10.9 Å². The fourth-order valence-corrected chi connectivity index (χ4v) is 4.62. The summed E-state index contributed by atoms with van der Waals surface area (Å²) in [4.78, 5) is 0. The Morgan fingerprint density at radius 2 is 1.62 bits per heavy atom. The SMILES string of the molecule is CC1(COCc2ccccc2)OC(COCc2ccccc2)Cn2c1cc1cc(N)c(F)cc12. The van der Waals surface area contributed by atoms with Crippen LogP contribution in [0, 0.1) is 5.82 Å². The monoisotopic (exact) mass is 460 g/mol. The number of aromatic nitrogens is 1. The highest BCUT2D eigenvalue weighted by atomic mass is 19.1. The summed E-state index contributed by atoms with van der Waals surface area (Å²) in [7, 11) is 0. The zero-order valence-electron chi connectivity index (χ0n) is 19.2. The van der Waals surface area contributed by atoms with Gasteiger partial charge < -0.3 is 24.5 Å². The van der Waals surface area contributed by atoms with Gasteiger partial charge in [0.05, 0.1) is 49.9 Å². The van der Waals surface area contributed by atoms with Crippen molar-refractivity contribution in [1.29, 1.82) is 0 Å². The summed E-state index contributed by atoms with van der Waals surface area (Å²) in [5.41, 5.74) is 9.21. The highest BCUT2D eigenvalue weighted by Gasteiger charge is 2.39. The molecule has 0 radical (unpaired) electrons. The zero-order valence-corrected chi connectivity index (χ0v) is 19.2. The normalized spacial score (nSPS) is 19.9. The van der Waals surface area contributed by atoms with E-state index < -0.39 is 11.4 Å². The second-order valence-corrected chi connectivity index (χ2v) is 9.02. The quantitative estimate of drug-likeness (QED) is 0.357. The Morgan fingerprint density at radius 3 is 2.29 bits per heavy atom. The maximum atomic E-state index is 14.3. The molecule has 1 aliphatic rings. The molecule has 0 aliphatic carbocycles. The van der Waals surface area contributed by atoms with Crippen molar-refractivity contribution in [3.63, 3.8) is 0 Å². The van der Waals surface area contributed by atoms with Crippen LogP contribution < -0.4 is 5.73 Å². The van der Waals surface area contributed by atoms with Crippen molar-refractivity contribution in [3.05, 3.63) is 102 Å². The fourth-order valence-electron chi connectivity index (χ4n) is 4.62. The lowest BCUT2D eigenvalue weighted by Gasteiger charge is -2.40. The van der Waals surface area contributed by atoms with Crippen molar-refractivity contribution in [2.75, 3.05) is 18.9 Å². The molecule has 0 saturated heterocycles. The molecule has 4 aromatic rings. The van der Waals surface area contributed by atoms with E-state index in [1.165, 1.54) is 6.07 Å². The molecule has 5 nitrogen and oxygen atoms in total. The van der Waals surface area contributed by atoms with Crippen LogP contribution in [-0.2, 0) is 39.6 Å². The molecule has 2 N–H and O–H groups in total. The number of hydrogen-bond donors (Lipinski definition) is 1. The van der Waals surface area contributed by atoms with Crippen molar-refractivity contribution in [2.45, 2.75) is 38.4 Å². The van der Waals surface area contributed by atoms with Crippen molar-refractivity contribution >= 4 is 16.6 Å². The number of fused-ring (bicyclic) bond motifs is 3. The molecule has 2 unspecified atom stereocenters. The van der Waals surface area contributed by atoms with E-state index in [1.54, 1.807) is 6.07 Å². The molecule has 0 amide bonds. The number of halogens is 1. The largest absolute Gasteiger partial charge is 0.396 e. The van der Waals surface area contributed by atoms with Gasteiger partial charge in [0.25, 0.3) is 0 Å². The molecule has 5 rings (SSSR count). The highest BCUT2D eigenvalue weighted by Crippen LogP contribution is 2.38. The number of benzene rings is 3. The summed E-state index contributed by atoms with van der Waals surface area (Å²) in [6.45, 7) is 4.34. The van der Waals surface area contributed by atoms with E-state index in [-0.39, 0.29) is 11.8 Å². The minimum absolute atomic E-state index is 0.140. The topological polar surface area (TPSA) is 58.6 Å². The third-order valence-corrected chi connectivity index (χ3v) is 6.28. The third kappa shape index (κ3) is 4.71. The summed E-state index contributed by atoms with van der Waals surface area (Å²) < 4.78 is 35.1. The molecule has 0 fully saturated rings. The molecule has 0 saturated carbocycles. The summed E-state index contributed by atoms with van der Waals surface area (Å²) in [5.74, 6) is -0.418. The number of ether oxygens (including phenoxy) is 3. The summed E-state index contributed by atoms with van der Waals surface area (Å²) in [5, 5.41) is 0.887. The number of anilines is 1. The van der Waals surface area contributed by atoms with Gasteiger partial charge in [-0.1, -0.05) is 60.7 Å². The zero-order chi connectivity index (χ0) is 23.5. The first kappa shape index (κ1) is 22.6. The van der Waals surface area contributed by atoms with Crippen LogP contribution in [0.3, 0.4) is 0 Å². The predicted molar refractivity (Wildman–Crippen MR) is 131 cm³/mol. The van der Waals surface area contributed by atoms with Crippen LogP contribution >= 0.6 is 0 Å². The Labute approximate surface area is 198 Å². The van der Waals surface area contributed by atoms with Gasteiger partial charge in [-0.2, -0.15) is 0 Å². The van der Waals surface area contributed by atoms with Crippen molar-refractivity contribution in [1.82, 2.24) is 4.57 Å². The maximum absolute atomic E-state index is 14.3. The Morgan fingerprint density at radius 1 is 0.971 bits per heavy atom. The van der Waals surface area contributed by atoms with Crippen LogP contribution in [0.4, 0.5) is 10.1 Å². The average Bonchev–Trinajstić information content (AvgIpc) is 3.19. The number of nitrogen functional groups attached to an aromatic ring is 1. The van der Waals surface area contributed by atoms with Crippen molar-refractivity contribution in [2.24, 2.45) is 0 Å². The van der Waals surface area contributed by atoms with Crippen LogP contribution in [0.5, 0.6) is 0 Å². The van der Waals surface area contributed by atoms with E-state index in [2.05, 4.69) is 4.57 Å². The summed E-state index contributed by atoms with van der Waals surface area (Å²) in [6, 6.07) is 25.3. The van der Waals surface area contributed by atoms with E-state index in [4.69, 9.17) is 19.9 Å². The van der Waals surface area contributed by atoms with Crippen LogP contribution in [0.2, 0.25) is 0 Å². The summed E-state index contributed by atoms with van der Waals surface area (Å²) in [6.07, 6.45) is -0.210. The molecule has 3 aromatic carbocycles. The van der Waals surface area contributed by atoms with Gasteiger partial charge in [-0.3, -0.25) is 0 Å². The molecule has 2 atom stereocenters. The molecular weight excluding hydrogens is 431 g/mol. The molecule has 1 aromatic heterocycles. The van der Waals surface area contributed by atoms with E-state index in [0.29, 0.717) is 33.0 Å². The number of nitrogens with zero attached hydrogens (tertiary/aromatic N) is 1. The highest BCUT2D eigenvalue weighted by molar-refractivity contribution is 5.85. The Bertz CT molecular complexity index is 1260. The standard InChI is InChI=1S/C28H29FN2O3/c1-28(19-33-17-21-10-6-3-7-11-21)27-13-22-12-25(30)24(29)14-26(22)31(27)15-23(34-28)18-32-16-20-8-4-2-5-9-20/h2-14,23H,15-19,30H2,1H3. The first-order valence-electron chi connectivity index (χ1n) is 11.5. The van der Waals surface area contributed by atoms with Gasteiger partial charge >= 0.3 is 0 Å². The predicted octanol–water partition coefficient (Wildman–Crippen LogP) is 5.41. The molecule has 0 spiro atoms. The molecule has 2 heterocycles. The van der Waals surface area contributed by atoms with Crippen LogP contribution in [0.1, 0.15) is 23.7 Å². The van der Waals surface area contributed by atoms with E-state index in [1.807, 2.05) is 73.7 Å². The molecular formula is C28H29FN2O3. The Hall–Kier alpha value is -3.19. The van der Waals surface area contributed by atoms with Gasteiger partial charge in [0.1, 0.15) is 17.5 Å². The lowest BCUT2D eigenvalue weighted by Crippen LogP contribution is -2.45. The number of rotatable bonds is 8. The van der Waals surface area contributed by atoms with E-state index in [9.17, 15) is 4.39 Å². The lowest BCUT2D eigenvalue weighted by molar-refractivity contribution is -0.170. The first-order chi connectivity index (χ1) is 16.5. The van der Waals surface area contributed by atoms with Gasteiger partial charge in [-0.15, -0.1) is 0 Å². The van der Waals surface area contributed by atoms with E-state index >= 15 is 0 Å². The third-order valence-electron chi connectivity index (χ3n) is 6.28. The maximum Gasteiger partial charge on any atom is 0.148 e. The van der Waals surface area contributed by atoms with Gasteiger partial charge in [0, 0.05) is 11.5 Å². The average molecular weight is 461 g/mol. The van der Waals surface area contributed by atoms with Crippen molar-refractivity contribution in [3.8, 4) is 0 Å². The molecule has 6 heteroatoms. The second-order valence-electron chi connectivity index (χ2n) is 9.02. The smallest absolute Gasteiger partial charge is 0.148 e. The van der Waals surface area contributed by atoms with E-state index in [0.717, 1.165) is 27.7 Å². The lowest BCUT2D eigenvalue weighted by atomic mass is 10.00.